The Balaban J connectivity index is 1.63. The number of amides is 1. The van der Waals surface area contributed by atoms with Crippen LogP contribution >= 0.6 is 11.8 Å². The molecule has 0 radical (unpaired) electrons. The lowest BCUT2D eigenvalue weighted by Gasteiger charge is -2.06. The molecule has 26 heavy (non-hydrogen) atoms. The number of nitrogens with zero attached hydrogens (tertiary/aromatic N) is 2. The van der Waals surface area contributed by atoms with Crippen LogP contribution in [0.15, 0.2) is 58.5 Å². The molecule has 0 spiro atoms. The van der Waals surface area contributed by atoms with Crippen molar-refractivity contribution >= 4 is 23.4 Å². The van der Waals surface area contributed by atoms with Gasteiger partial charge in [0.2, 0.25) is 5.91 Å². The number of carbonyl (C=O) groups is 1. The summed E-state index contributed by atoms with van der Waals surface area (Å²) in [6.07, 6.45) is 0. The molecule has 0 bridgehead atoms. The van der Waals surface area contributed by atoms with Crippen LogP contribution in [0.1, 0.15) is 11.1 Å². The number of hydrogen-bond donors (Lipinski definition) is 2. The Bertz CT molecular complexity index is 983. The maximum absolute atomic E-state index is 12.2. The molecule has 7 heteroatoms. The summed E-state index contributed by atoms with van der Waals surface area (Å²) in [6, 6.07) is 15.0. The van der Waals surface area contributed by atoms with E-state index < -0.39 is 0 Å². The predicted molar refractivity (Wildman–Crippen MR) is 103 cm³/mol. The topological polar surface area (TPSA) is 87.7 Å². The van der Waals surface area contributed by atoms with Crippen LogP contribution in [0.4, 0.5) is 5.69 Å². The second-order valence-electron chi connectivity index (χ2n) is 5.88. The lowest BCUT2D eigenvalue weighted by Crippen LogP contribution is -2.17. The number of benzene rings is 2. The van der Waals surface area contributed by atoms with E-state index in [1.807, 2.05) is 62.4 Å². The quantitative estimate of drug-likeness (QED) is 0.677. The van der Waals surface area contributed by atoms with Gasteiger partial charge in [0.15, 0.2) is 10.9 Å². The Morgan fingerprint density at radius 2 is 1.85 bits per heavy atom. The molecule has 2 N–H and O–H groups in total. The van der Waals surface area contributed by atoms with E-state index in [1.54, 1.807) is 0 Å². The maximum Gasteiger partial charge on any atom is 0.278 e. The standard InChI is InChI=1S/C19H18N4O2S/c1-12-6-8-14(9-7-12)17-18(25)21-19(23-22-17)26-11-16(24)20-15-5-3-4-13(2)10-15/h3-10H,11H2,1-2H3,(H,20,24)(H,21,23,25). The van der Waals surface area contributed by atoms with Gasteiger partial charge in [-0.2, -0.15) is 0 Å². The number of anilines is 1. The monoisotopic (exact) mass is 366 g/mol. The van der Waals surface area contributed by atoms with Crippen molar-refractivity contribution in [1.29, 1.82) is 0 Å². The van der Waals surface area contributed by atoms with Crippen LogP contribution < -0.4 is 10.9 Å². The zero-order valence-corrected chi connectivity index (χ0v) is 15.3. The molecule has 2 aromatic carbocycles. The van der Waals surface area contributed by atoms with Gasteiger partial charge in [0.05, 0.1) is 5.75 Å². The van der Waals surface area contributed by atoms with Crippen molar-refractivity contribution in [1.82, 2.24) is 15.2 Å². The van der Waals surface area contributed by atoms with Crippen LogP contribution in [0.5, 0.6) is 0 Å². The van der Waals surface area contributed by atoms with Crippen LogP contribution in [0.25, 0.3) is 11.3 Å². The number of hydrogen-bond acceptors (Lipinski definition) is 5. The Morgan fingerprint density at radius 1 is 1.08 bits per heavy atom. The molecule has 1 aromatic heterocycles. The third-order valence-electron chi connectivity index (χ3n) is 3.64. The van der Waals surface area contributed by atoms with Crippen molar-refractivity contribution in [3.05, 3.63) is 70.0 Å². The van der Waals surface area contributed by atoms with Crippen LogP contribution in [-0.4, -0.2) is 26.8 Å². The summed E-state index contributed by atoms with van der Waals surface area (Å²) in [5, 5.41) is 11.1. The minimum absolute atomic E-state index is 0.127. The van der Waals surface area contributed by atoms with Crippen LogP contribution in [-0.2, 0) is 4.79 Å². The minimum atomic E-state index is -0.328. The molecule has 0 aliphatic carbocycles. The molecule has 0 atom stereocenters. The Labute approximate surface area is 155 Å². The lowest BCUT2D eigenvalue weighted by molar-refractivity contribution is -0.113. The van der Waals surface area contributed by atoms with Gasteiger partial charge in [-0.1, -0.05) is 53.7 Å². The van der Waals surface area contributed by atoms with Gasteiger partial charge in [-0.15, -0.1) is 10.2 Å². The number of nitrogens with one attached hydrogen (secondary N) is 2. The second-order valence-corrected chi connectivity index (χ2v) is 6.84. The molecule has 3 rings (SSSR count). The molecule has 1 heterocycles. The smallest absolute Gasteiger partial charge is 0.278 e. The summed E-state index contributed by atoms with van der Waals surface area (Å²) in [5.74, 6) is -0.0477. The van der Waals surface area contributed by atoms with Crippen molar-refractivity contribution in [2.24, 2.45) is 0 Å². The lowest BCUT2D eigenvalue weighted by atomic mass is 10.1. The molecule has 132 valence electrons. The first-order valence-corrected chi connectivity index (χ1v) is 9.03. The van der Waals surface area contributed by atoms with Gasteiger partial charge in [-0.25, -0.2) is 0 Å². The van der Waals surface area contributed by atoms with Crippen molar-refractivity contribution in [2.75, 3.05) is 11.1 Å². The highest BCUT2D eigenvalue weighted by Gasteiger charge is 2.10. The van der Waals surface area contributed by atoms with E-state index >= 15 is 0 Å². The summed E-state index contributed by atoms with van der Waals surface area (Å²) in [5.41, 5.74) is 3.55. The van der Waals surface area contributed by atoms with Gasteiger partial charge >= 0.3 is 0 Å². The largest absolute Gasteiger partial charge is 0.325 e. The van der Waals surface area contributed by atoms with E-state index in [2.05, 4.69) is 20.5 Å². The number of aromatic nitrogens is 3. The molecule has 3 aromatic rings. The molecule has 6 nitrogen and oxygen atoms in total. The molecular formula is C19H18N4O2S. The number of aryl methyl sites for hydroxylation is 2. The van der Waals surface area contributed by atoms with Gasteiger partial charge in [0, 0.05) is 11.3 Å². The highest BCUT2D eigenvalue weighted by Crippen LogP contribution is 2.16. The van der Waals surface area contributed by atoms with Crippen molar-refractivity contribution in [2.45, 2.75) is 19.0 Å². The van der Waals surface area contributed by atoms with Crippen molar-refractivity contribution in [3.8, 4) is 11.3 Å². The first-order chi connectivity index (χ1) is 12.5. The van der Waals surface area contributed by atoms with E-state index in [1.165, 1.54) is 0 Å². The molecule has 1 amide bonds. The SMILES string of the molecule is Cc1ccc(-c2nnc(SCC(=O)Nc3cccc(C)c3)[nH]c2=O)cc1. The van der Waals surface area contributed by atoms with E-state index in [9.17, 15) is 9.59 Å². The number of carbonyl (C=O) groups excluding carboxylic acids is 1. The zero-order valence-electron chi connectivity index (χ0n) is 14.4. The summed E-state index contributed by atoms with van der Waals surface area (Å²) < 4.78 is 0. The average Bonchev–Trinajstić information content (AvgIpc) is 2.61. The van der Waals surface area contributed by atoms with Gasteiger partial charge in [0.25, 0.3) is 5.56 Å². The molecule has 0 saturated carbocycles. The van der Waals surface area contributed by atoms with Crippen molar-refractivity contribution < 1.29 is 4.79 Å². The van der Waals surface area contributed by atoms with Gasteiger partial charge in [0.1, 0.15) is 0 Å². The third kappa shape index (κ3) is 4.58. The molecular weight excluding hydrogens is 348 g/mol. The summed E-state index contributed by atoms with van der Waals surface area (Å²) >= 11 is 1.13. The van der Waals surface area contributed by atoms with E-state index in [0.29, 0.717) is 10.7 Å². The van der Waals surface area contributed by atoms with Crippen LogP contribution in [0.2, 0.25) is 0 Å². The fraction of sp³-hybridized carbons (Fsp3) is 0.158. The molecule has 0 saturated heterocycles. The third-order valence-corrected chi connectivity index (χ3v) is 4.51. The van der Waals surface area contributed by atoms with E-state index in [4.69, 9.17) is 0 Å². The number of H-pyrrole nitrogens is 1. The molecule has 0 fully saturated rings. The highest BCUT2D eigenvalue weighted by molar-refractivity contribution is 7.99. The van der Waals surface area contributed by atoms with Crippen LogP contribution in [0, 0.1) is 13.8 Å². The van der Waals surface area contributed by atoms with Gasteiger partial charge < -0.3 is 5.32 Å². The Kier molecular flexibility index (Phi) is 5.48. The summed E-state index contributed by atoms with van der Waals surface area (Å²) in [6.45, 7) is 3.93. The number of thioether (sulfide) groups is 1. The second kappa shape index (κ2) is 7.97. The predicted octanol–water partition coefficient (Wildman–Crippen LogP) is 3.18. The first kappa shape index (κ1) is 17.9. The molecule has 0 unspecified atom stereocenters. The maximum atomic E-state index is 12.2. The number of aromatic amines is 1. The zero-order chi connectivity index (χ0) is 18.5. The summed E-state index contributed by atoms with van der Waals surface area (Å²) in [4.78, 5) is 26.9. The Morgan fingerprint density at radius 3 is 2.54 bits per heavy atom. The fourth-order valence-electron chi connectivity index (χ4n) is 2.34. The fourth-order valence-corrected chi connectivity index (χ4v) is 2.94. The Hall–Kier alpha value is -2.93. The van der Waals surface area contributed by atoms with Crippen LogP contribution in [0.3, 0.4) is 0 Å². The van der Waals surface area contributed by atoms with Gasteiger partial charge in [-0.3, -0.25) is 14.6 Å². The van der Waals surface area contributed by atoms with E-state index in [-0.39, 0.29) is 22.9 Å². The van der Waals surface area contributed by atoms with E-state index in [0.717, 1.165) is 28.6 Å². The minimum Gasteiger partial charge on any atom is -0.325 e. The first-order valence-electron chi connectivity index (χ1n) is 8.04. The average molecular weight is 366 g/mol. The van der Waals surface area contributed by atoms with Gasteiger partial charge in [-0.05, 0) is 31.5 Å². The number of rotatable bonds is 5. The summed E-state index contributed by atoms with van der Waals surface area (Å²) in [7, 11) is 0. The normalized spacial score (nSPS) is 10.5. The van der Waals surface area contributed by atoms with Crippen molar-refractivity contribution in [3.63, 3.8) is 0 Å². The molecule has 0 aliphatic rings. The highest BCUT2D eigenvalue weighted by atomic mass is 32.2. The molecule has 0 aliphatic heterocycles.